The molecule has 0 saturated carbocycles. The number of nitrogens with one attached hydrogen (secondary N) is 2. The predicted molar refractivity (Wildman–Crippen MR) is 128 cm³/mol. The highest BCUT2D eigenvalue weighted by Gasteiger charge is 2.24. The predicted octanol–water partition coefficient (Wildman–Crippen LogP) is 3.57. The third-order valence-electron chi connectivity index (χ3n) is 5.80. The van der Waals surface area contributed by atoms with Gasteiger partial charge in [-0.15, -0.1) is 0 Å². The number of ether oxygens (including phenoxy) is 1. The highest BCUT2D eigenvalue weighted by atomic mass is 16.5. The van der Waals surface area contributed by atoms with Crippen molar-refractivity contribution in [1.29, 1.82) is 0 Å². The van der Waals surface area contributed by atoms with Crippen molar-refractivity contribution >= 4 is 28.7 Å². The molecule has 2 aromatic heterocycles. The van der Waals surface area contributed by atoms with E-state index in [9.17, 15) is 14.4 Å². The van der Waals surface area contributed by atoms with Gasteiger partial charge >= 0.3 is 5.97 Å². The smallest absolute Gasteiger partial charge is 0.339 e. The fourth-order valence-corrected chi connectivity index (χ4v) is 4.04. The van der Waals surface area contributed by atoms with Gasteiger partial charge < -0.3 is 19.6 Å². The van der Waals surface area contributed by atoms with E-state index < -0.39 is 5.97 Å². The number of hydrogen-bond acceptors (Lipinski definition) is 5. The van der Waals surface area contributed by atoms with E-state index in [1.165, 1.54) is 14.0 Å². The molecule has 0 fully saturated rings. The first-order valence-electron chi connectivity index (χ1n) is 10.9. The maximum atomic E-state index is 12.6. The summed E-state index contributed by atoms with van der Waals surface area (Å²) in [6, 6.07) is 16.0. The van der Waals surface area contributed by atoms with Gasteiger partial charge in [0.25, 0.3) is 0 Å². The average Bonchev–Trinajstić information content (AvgIpc) is 3.39. The maximum absolute atomic E-state index is 12.6. The number of Topliss-reactive ketones (excluding diaryl/α,β-unsaturated/α-hetero) is 1. The molecule has 0 aliphatic carbocycles. The monoisotopic (exact) mass is 458 g/mol. The summed E-state index contributed by atoms with van der Waals surface area (Å²) in [5, 5.41) is 2.87. The molecule has 174 valence electrons. The van der Waals surface area contributed by atoms with Gasteiger partial charge in [0, 0.05) is 25.7 Å². The number of H-pyrrole nitrogens is 1. The first kappa shape index (κ1) is 23.0. The van der Waals surface area contributed by atoms with Crippen LogP contribution in [0.15, 0.2) is 54.9 Å². The minimum Gasteiger partial charge on any atom is -0.465 e. The molecule has 0 unspecified atom stereocenters. The van der Waals surface area contributed by atoms with Crippen molar-refractivity contribution in [3.05, 3.63) is 88.5 Å². The molecule has 0 bridgehead atoms. The van der Waals surface area contributed by atoms with Crippen molar-refractivity contribution in [2.45, 2.75) is 33.4 Å². The molecule has 2 aromatic carbocycles. The Hall–Kier alpha value is -4.20. The molecule has 34 heavy (non-hydrogen) atoms. The van der Waals surface area contributed by atoms with Crippen LogP contribution in [-0.2, 0) is 29.0 Å². The molecule has 8 heteroatoms. The third-order valence-corrected chi connectivity index (χ3v) is 5.80. The molecule has 0 radical (unpaired) electrons. The van der Waals surface area contributed by atoms with Gasteiger partial charge in [-0.1, -0.05) is 36.4 Å². The number of rotatable bonds is 8. The van der Waals surface area contributed by atoms with Crippen LogP contribution in [0.25, 0.3) is 11.0 Å². The van der Waals surface area contributed by atoms with E-state index in [1.54, 1.807) is 6.92 Å². The molecule has 2 N–H and O–H groups in total. The summed E-state index contributed by atoms with van der Waals surface area (Å²) in [5.74, 6) is -1.06. The van der Waals surface area contributed by atoms with Gasteiger partial charge in [-0.2, -0.15) is 0 Å². The van der Waals surface area contributed by atoms with Gasteiger partial charge in [-0.05, 0) is 35.7 Å². The summed E-state index contributed by atoms with van der Waals surface area (Å²) in [7, 11) is 1.27. The number of benzene rings is 2. The molecule has 4 rings (SSSR count). The summed E-state index contributed by atoms with van der Waals surface area (Å²) < 4.78 is 6.92. The largest absolute Gasteiger partial charge is 0.465 e. The van der Waals surface area contributed by atoms with Gasteiger partial charge in [0.15, 0.2) is 5.78 Å². The summed E-state index contributed by atoms with van der Waals surface area (Å²) in [6.45, 7) is 4.12. The molecule has 8 nitrogen and oxygen atoms in total. The fraction of sp³-hybridized carbons (Fsp3) is 0.231. The highest BCUT2D eigenvalue weighted by molar-refractivity contribution is 6.01. The number of aromatic amines is 1. The number of carbonyl (C=O) groups is 3. The number of hydrogen-bond donors (Lipinski definition) is 2. The van der Waals surface area contributed by atoms with Crippen molar-refractivity contribution in [2.75, 3.05) is 7.11 Å². The lowest BCUT2D eigenvalue weighted by molar-refractivity contribution is -0.120. The zero-order valence-electron chi connectivity index (χ0n) is 19.3. The third kappa shape index (κ3) is 4.76. The first-order valence-corrected chi connectivity index (χ1v) is 10.9. The molecule has 0 aliphatic heterocycles. The van der Waals surface area contributed by atoms with E-state index in [0.29, 0.717) is 30.0 Å². The number of nitrogens with zero attached hydrogens (tertiary/aromatic N) is 2. The minimum atomic E-state index is -0.578. The lowest BCUT2D eigenvalue weighted by atomic mass is 10.1. The Morgan fingerprint density at radius 3 is 2.47 bits per heavy atom. The SMILES string of the molecule is COC(=O)c1c(CC(=O)NCc2ccc(Cn3cnc4ccccc43)cc2)[nH]c(C(C)=O)c1C. The normalized spacial score (nSPS) is 10.9. The number of imidazole rings is 1. The second-order valence-electron chi connectivity index (χ2n) is 8.16. The van der Waals surface area contributed by atoms with Gasteiger partial charge in [0.05, 0.1) is 42.1 Å². The fourth-order valence-electron chi connectivity index (χ4n) is 4.04. The summed E-state index contributed by atoms with van der Waals surface area (Å²) in [4.78, 5) is 43.9. The molecular formula is C26H26N4O4. The number of fused-ring (bicyclic) bond motifs is 1. The Morgan fingerprint density at radius 2 is 1.76 bits per heavy atom. The van der Waals surface area contributed by atoms with Gasteiger partial charge in [0.1, 0.15) is 0 Å². The maximum Gasteiger partial charge on any atom is 0.339 e. The molecule has 0 aliphatic rings. The van der Waals surface area contributed by atoms with Crippen molar-refractivity contribution in [3.63, 3.8) is 0 Å². The topological polar surface area (TPSA) is 106 Å². The quantitative estimate of drug-likeness (QED) is 0.310. The molecule has 0 spiro atoms. The van der Waals surface area contributed by atoms with Crippen molar-refractivity contribution in [1.82, 2.24) is 19.9 Å². The Balaban J connectivity index is 1.38. The number of ketones is 1. The summed E-state index contributed by atoms with van der Waals surface area (Å²) >= 11 is 0. The second kappa shape index (κ2) is 9.74. The van der Waals surface area contributed by atoms with Crippen molar-refractivity contribution < 1.29 is 19.1 Å². The van der Waals surface area contributed by atoms with E-state index in [0.717, 1.165) is 22.2 Å². The zero-order chi connectivity index (χ0) is 24.2. The Bertz CT molecular complexity index is 1370. The average molecular weight is 459 g/mol. The lowest BCUT2D eigenvalue weighted by Crippen LogP contribution is -2.25. The number of aromatic nitrogens is 3. The van der Waals surface area contributed by atoms with Gasteiger partial charge in [-0.3, -0.25) is 9.59 Å². The first-order chi connectivity index (χ1) is 16.4. The number of amides is 1. The van der Waals surface area contributed by atoms with Crippen LogP contribution in [0.4, 0.5) is 0 Å². The van der Waals surface area contributed by atoms with Crippen LogP contribution in [0.1, 0.15) is 50.2 Å². The zero-order valence-corrected chi connectivity index (χ0v) is 19.3. The Morgan fingerprint density at radius 1 is 1.06 bits per heavy atom. The van der Waals surface area contributed by atoms with Crippen LogP contribution in [0.3, 0.4) is 0 Å². The molecule has 4 aromatic rings. The van der Waals surface area contributed by atoms with Crippen LogP contribution in [0.5, 0.6) is 0 Å². The van der Waals surface area contributed by atoms with E-state index in [-0.39, 0.29) is 23.7 Å². The van der Waals surface area contributed by atoms with Crippen molar-refractivity contribution in [3.8, 4) is 0 Å². The van der Waals surface area contributed by atoms with Crippen LogP contribution in [-0.4, -0.2) is 39.3 Å². The van der Waals surface area contributed by atoms with Gasteiger partial charge in [-0.25, -0.2) is 9.78 Å². The number of para-hydroxylation sites is 2. The van der Waals surface area contributed by atoms with E-state index in [4.69, 9.17) is 4.74 Å². The lowest BCUT2D eigenvalue weighted by Gasteiger charge is -2.08. The summed E-state index contributed by atoms with van der Waals surface area (Å²) in [5.41, 5.74) is 5.53. The molecular weight excluding hydrogens is 432 g/mol. The minimum absolute atomic E-state index is 0.0651. The van der Waals surface area contributed by atoms with E-state index >= 15 is 0 Å². The summed E-state index contributed by atoms with van der Waals surface area (Å²) in [6.07, 6.45) is 1.77. The van der Waals surface area contributed by atoms with Crippen LogP contribution < -0.4 is 5.32 Å². The molecule has 0 atom stereocenters. The van der Waals surface area contributed by atoms with Crippen LogP contribution >= 0.6 is 0 Å². The van der Waals surface area contributed by atoms with Crippen LogP contribution in [0.2, 0.25) is 0 Å². The Kier molecular flexibility index (Phi) is 6.58. The van der Waals surface area contributed by atoms with E-state index in [2.05, 4.69) is 19.9 Å². The van der Waals surface area contributed by atoms with E-state index in [1.807, 2.05) is 54.9 Å². The van der Waals surface area contributed by atoms with Gasteiger partial charge in [0.2, 0.25) is 5.91 Å². The number of esters is 1. The molecule has 0 saturated heterocycles. The number of methoxy groups -OCH3 is 1. The van der Waals surface area contributed by atoms with Crippen LogP contribution in [0, 0.1) is 6.92 Å². The molecule has 1 amide bonds. The van der Waals surface area contributed by atoms with Crippen molar-refractivity contribution in [2.24, 2.45) is 0 Å². The standard InChI is InChI=1S/C26H26N4O4/c1-16-24(26(33)34-3)21(29-25(16)17(2)31)12-23(32)27-13-18-8-10-19(11-9-18)14-30-15-28-20-6-4-5-7-22(20)30/h4-11,15,29H,12-14H2,1-3H3,(H,27,32). The highest BCUT2D eigenvalue weighted by Crippen LogP contribution is 2.21. The second-order valence-corrected chi connectivity index (χ2v) is 8.16. The number of carbonyl (C=O) groups excluding carboxylic acids is 3. The molecule has 2 heterocycles. The Labute approximate surface area is 197 Å².